The maximum absolute atomic E-state index is 12.5. The molecule has 3 aromatic rings. The molecule has 0 bridgehead atoms. The van der Waals surface area contributed by atoms with Gasteiger partial charge in [0.2, 0.25) is 0 Å². The van der Waals surface area contributed by atoms with Crippen molar-refractivity contribution in [3.63, 3.8) is 0 Å². The van der Waals surface area contributed by atoms with Crippen LogP contribution in [0.4, 0.5) is 0 Å². The number of thiophene rings is 1. The average molecular weight is 365 g/mol. The number of nitrogens with one attached hydrogen (secondary N) is 2. The van der Waals surface area contributed by atoms with Gasteiger partial charge in [0.25, 0.3) is 11.8 Å². The van der Waals surface area contributed by atoms with Crippen molar-refractivity contribution < 1.29 is 9.59 Å². The zero-order chi connectivity index (χ0) is 18.1. The topological polar surface area (TPSA) is 71.1 Å². The van der Waals surface area contributed by atoms with E-state index >= 15 is 0 Å². The molecular weight excluding hydrogens is 346 g/mol. The maximum Gasteiger partial charge on any atom is 0.279 e. The van der Waals surface area contributed by atoms with Crippen molar-refractivity contribution in [3.8, 4) is 0 Å². The van der Waals surface area contributed by atoms with Crippen LogP contribution in [0.2, 0.25) is 0 Å². The van der Waals surface area contributed by atoms with Crippen LogP contribution in [0.15, 0.2) is 42.6 Å². The summed E-state index contributed by atoms with van der Waals surface area (Å²) in [7, 11) is 0. The summed E-state index contributed by atoms with van der Waals surface area (Å²) >= 11 is 1.52. The van der Waals surface area contributed by atoms with Crippen LogP contribution in [0, 0.1) is 5.92 Å². The fourth-order valence-corrected chi connectivity index (χ4v) is 4.45. The second kappa shape index (κ2) is 6.88. The van der Waals surface area contributed by atoms with Crippen LogP contribution in [0.3, 0.4) is 0 Å². The first-order valence-corrected chi connectivity index (χ1v) is 9.49. The quantitative estimate of drug-likeness (QED) is 0.683. The number of pyridine rings is 1. The van der Waals surface area contributed by atoms with E-state index in [1.54, 1.807) is 18.3 Å². The minimum absolute atomic E-state index is 0.279. The predicted molar refractivity (Wildman–Crippen MR) is 102 cm³/mol. The number of carbonyl (C=O) groups is 2. The van der Waals surface area contributed by atoms with Crippen LogP contribution >= 0.6 is 11.3 Å². The Morgan fingerprint density at radius 3 is 2.85 bits per heavy atom. The molecule has 2 heterocycles. The number of aryl methyl sites for hydroxylation is 1. The number of para-hydroxylation sites is 1. The monoisotopic (exact) mass is 365 g/mol. The molecule has 0 aliphatic heterocycles. The Hall–Kier alpha value is -2.73. The lowest BCUT2D eigenvalue weighted by Gasteiger charge is -2.16. The smallest absolute Gasteiger partial charge is 0.267 e. The SMILES string of the molecule is CC1CCc2sc(C(=O)NNC(=O)c3cccc4cccnc34)cc2C1. The molecule has 2 amide bonds. The number of hydrogen-bond acceptors (Lipinski definition) is 4. The Balaban J connectivity index is 1.47. The summed E-state index contributed by atoms with van der Waals surface area (Å²) in [6, 6.07) is 11.1. The fraction of sp³-hybridized carbons (Fsp3) is 0.250. The number of carbonyl (C=O) groups excluding carboxylic acids is 2. The molecule has 1 aliphatic rings. The molecule has 1 atom stereocenters. The van der Waals surface area contributed by atoms with E-state index in [2.05, 4.69) is 22.8 Å². The number of hydrogen-bond donors (Lipinski definition) is 2. The zero-order valence-electron chi connectivity index (χ0n) is 14.4. The van der Waals surface area contributed by atoms with Crippen molar-refractivity contribution in [2.45, 2.75) is 26.2 Å². The largest absolute Gasteiger partial charge is 0.279 e. The molecule has 1 aliphatic carbocycles. The lowest BCUT2D eigenvalue weighted by Crippen LogP contribution is -2.41. The summed E-state index contributed by atoms with van der Waals surface area (Å²) in [6.45, 7) is 2.23. The molecule has 2 N–H and O–H groups in total. The number of aromatic nitrogens is 1. The average Bonchev–Trinajstić information content (AvgIpc) is 3.08. The number of nitrogens with zero attached hydrogens (tertiary/aromatic N) is 1. The molecule has 0 saturated carbocycles. The summed E-state index contributed by atoms with van der Waals surface area (Å²) in [5, 5.41) is 0.881. The highest BCUT2D eigenvalue weighted by atomic mass is 32.1. The molecule has 5 nitrogen and oxygen atoms in total. The number of hydrazine groups is 1. The number of rotatable bonds is 2. The summed E-state index contributed by atoms with van der Waals surface area (Å²) in [4.78, 5) is 31.1. The van der Waals surface area contributed by atoms with E-state index in [1.165, 1.54) is 28.2 Å². The Morgan fingerprint density at radius 1 is 1.15 bits per heavy atom. The van der Waals surface area contributed by atoms with Gasteiger partial charge in [-0.05, 0) is 48.9 Å². The molecule has 6 heteroatoms. The van der Waals surface area contributed by atoms with Gasteiger partial charge in [-0.2, -0.15) is 0 Å². The van der Waals surface area contributed by atoms with Gasteiger partial charge in [0.05, 0.1) is 16.0 Å². The van der Waals surface area contributed by atoms with Crippen LogP contribution in [-0.2, 0) is 12.8 Å². The van der Waals surface area contributed by atoms with E-state index in [0.29, 0.717) is 21.9 Å². The molecule has 4 rings (SSSR count). The predicted octanol–water partition coefficient (Wildman–Crippen LogP) is 3.50. The third kappa shape index (κ3) is 3.20. The van der Waals surface area contributed by atoms with E-state index in [-0.39, 0.29) is 11.8 Å². The molecule has 0 radical (unpaired) electrons. The number of amides is 2. The molecule has 132 valence electrons. The highest BCUT2D eigenvalue weighted by Gasteiger charge is 2.21. The van der Waals surface area contributed by atoms with Crippen molar-refractivity contribution in [2.24, 2.45) is 5.92 Å². The van der Waals surface area contributed by atoms with Gasteiger partial charge in [-0.1, -0.05) is 25.1 Å². The van der Waals surface area contributed by atoms with Gasteiger partial charge in [-0.25, -0.2) is 0 Å². The van der Waals surface area contributed by atoms with Gasteiger partial charge in [0.1, 0.15) is 0 Å². The van der Waals surface area contributed by atoms with Gasteiger partial charge >= 0.3 is 0 Å². The van der Waals surface area contributed by atoms with Crippen LogP contribution in [0.1, 0.15) is 43.8 Å². The number of benzene rings is 1. The highest BCUT2D eigenvalue weighted by molar-refractivity contribution is 7.14. The maximum atomic E-state index is 12.5. The van der Waals surface area contributed by atoms with Crippen LogP contribution in [0.5, 0.6) is 0 Å². The van der Waals surface area contributed by atoms with Crippen molar-refractivity contribution >= 4 is 34.1 Å². The van der Waals surface area contributed by atoms with Crippen LogP contribution in [-0.4, -0.2) is 16.8 Å². The van der Waals surface area contributed by atoms with E-state index < -0.39 is 0 Å². The Kier molecular flexibility index (Phi) is 4.42. The number of fused-ring (bicyclic) bond motifs is 2. The highest BCUT2D eigenvalue weighted by Crippen LogP contribution is 2.32. The zero-order valence-corrected chi connectivity index (χ0v) is 15.2. The minimum atomic E-state index is -0.377. The summed E-state index contributed by atoms with van der Waals surface area (Å²) in [6.07, 6.45) is 4.86. The van der Waals surface area contributed by atoms with Crippen molar-refractivity contribution in [1.29, 1.82) is 0 Å². The third-order valence-corrected chi connectivity index (χ3v) is 5.96. The molecule has 0 fully saturated rings. The molecule has 1 aromatic carbocycles. The lowest BCUT2D eigenvalue weighted by molar-refractivity contribution is 0.0849. The van der Waals surface area contributed by atoms with Crippen molar-refractivity contribution in [1.82, 2.24) is 15.8 Å². The second-order valence-corrected chi connectivity index (χ2v) is 7.83. The van der Waals surface area contributed by atoms with Gasteiger partial charge in [0, 0.05) is 16.5 Å². The van der Waals surface area contributed by atoms with Gasteiger partial charge in [-0.3, -0.25) is 25.4 Å². The molecule has 1 unspecified atom stereocenters. The van der Waals surface area contributed by atoms with Crippen molar-refractivity contribution in [2.75, 3.05) is 0 Å². The van der Waals surface area contributed by atoms with Gasteiger partial charge < -0.3 is 0 Å². The summed E-state index contributed by atoms with van der Waals surface area (Å²) in [5.41, 5.74) is 7.35. The van der Waals surface area contributed by atoms with Crippen LogP contribution < -0.4 is 10.9 Å². The lowest BCUT2D eigenvalue weighted by atomic mass is 9.90. The first-order chi connectivity index (χ1) is 12.6. The summed E-state index contributed by atoms with van der Waals surface area (Å²) in [5.74, 6) is 0.00256. The molecule has 26 heavy (non-hydrogen) atoms. The van der Waals surface area contributed by atoms with Crippen molar-refractivity contribution in [3.05, 3.63) is 63.5 Å². The Labute approximate surface area is 155 Å². The Morgan fingerprint density at radius 2 is 1.96 bits per heavy atom. The van der Waals surface area contributed by atoms with E-state index in [4.69, 9.17) is 0 Å². The minimum Gasteiger partial charge on any atom is -0.267 e. The van der Waals surface area contributed by atoms with E-state index in [9.17, 15) is 9.59 Å². The standard InChI is InChI=1S/C20H19N3O2S/c1-12-7-8-16-14(10-12)11-17(26-16)20(25)23-22-19(24)15-6-2-4-13-5-3-9-21-18(13)15/h2-6,9,11-12H,7-8,10H2,1H3,(H,22,24)(H,23,25). The van der Waals surface area contributed by atoms with Crippen LogP contribution in [0.25, 0.3) is 10.9 Å². The van der Waals surface area contributed by atoms with Gasteiger partial charge in [0.15, 0.2) is 0 Å². The molecule has 0 spiro atoms. The first-order valence-electron chi connectivity index (χ1n) is 8.68. The second-order valence-electron chi connectivity index (χ2n) is 6.70. The molecule has 2 aromatic heterocycles. The van der Waals surface area contributed by atoms with E-state index in [0.717, 1.165) is 18.2 Å². The Bertz CT molecular complexity index is 990. The molecular formula is C20H19N3O2S. The van der Waals surface area contributed by atoms with Gasteiger partial charge in [-0.15, -0.1) is 11.3 Å². The third-order valence-electron chi connectivity index (χ3n) is 4.72. The van der Waals surface area contributed by atoms with E-state index in [1.807, 2.05) is 24.3 Å². The normalized spacial score (nSPS) is 16.1. The molecule has 0 saturated heterocycles. The fourth-order valence-electron chi connectivity index (χ4n) is 3.35. The summed E-state index contributed by atoms with van der Waals surface area (Å²) < 4.78 is 0. The first kappa shape index (κ1) is 16.7.